The number of nitrogens with one attached hydrogen (secondary N) is 2. The summed E-state index contributed by atoms with van der Waals surface area (Å²) in [5, 5.41) is 3.15. The molecule has 4 rings (SSSR count). The molecule has 2 N–H and O–H groups in total. The van der Waals surface area contributed by atoms with Crippen molar-refractivity contribution >= 4 is 5.91 Å². The van der Waals surface area contributed by atoms with Gasteiger partial charge >= 0.3 is 0 Å². The Kier molecular flexibility index (Phi) is 5.51. The summed E-state index contributed by atoms with van der Waals surface area (Å²) in [6, 6.07) is 14.0. The number of pyridine rings is 1. The van der Waals surface area contributed by atoms with E-state index in [0.717, 1.165) is 24.8 Å². The van der Waals surface area contributed by atoms with Gasteiger partial charge in [-0.15, -0.1) is 0 Å². The van der Waals surface area contributed by atoms with Crippen LogP contribution < -0.4 is 10.9 Å². The van der Waals surface area contributed by atoms with Gasteiger partial charge in [-0.3, -0.25) is 14.6 Å². The molecule has 2 aromatic heterocycles. The van der Waals surface area contributed by atoms with Gasteiger partial charge in [-0.05, 0) is 37.5 Å². The van der Waals surface area contributed by atoms with Crippen LogP contribution in [0, 0.1) is 6.92 Å². The number of aromatic nitrogens is 3. The van der Waals surface area contributed by atoms with Crippen molar-refractivity contribution in [2.75, 3.05) is 0 Å². The van der Waals surface area contributed by atoms with E-state index in [1.54, 1.807) is 31.5 Å². The summed E-state index contributed by atoms with van der Waals surface area (Å²) in [7, 11) is 0. The number of carbonyl (C=O) groups excluding carboxylic acids is 1. The zero-order valence-electron chi connectivity index (χ0n) is 16.4. The van der Waals surface area contributed by atoms with Crippen molar-refractivity contribution in [3.63, 3.8) is 0 Å². The lowest BCUT2D eigenvalue weighted by atomic mass is 9.94. The van der Waals surface area contributed by atoms with Gasteiger partial charge < -0.3 is 10.3 Å². The van der Waals surface area contributed by atoms with Crippen LogP contribution in [-0.4, -0.2) is 26.9 Å². The Morgan fingerprint density at radius 3 is 2.62 bits per heavy atom. The first-order valence-electron chi connectivity index (χ1n) is 9.96. The third kappa shape index (κ3) is 4.26. The molecule has 29 heavy (non-hydrogen) atoms. The van der Waals surface area contributed by atoms with Gasteiger partial charge in [-0.25, -0.2) is 4.98 Å². The summed E-state index contributed by atoms with van der Waals surface area (Å²) in [6.45, 7) is 1.77. The van der Waals surface area contributed by atoms with Gasteiger partial charge in [0.25, 0.3) is 5.56 Å². The van der Waals surface area contributed by atoms with Crippen LogP contribution in [0.4, 0.5) is 0 Å². The molecule has 1 amide bonds. The number of rotatable bonds is 5. The molecule has 1 aliphatic carbocycles. The molecule has 0 aliphatic heterocycles. The van der Waals surface area contributed by atoms with Crippen LogP contribution in [0.1, 0.15) is 42.0 Å². The third-order valence-electron chi connectivity index (χ3n) is 5.60. The number of benzene rings is 1. The first kappa shape index (κ1) is 19.1. The summed E-state index contributed by atoms with van der Waals surface area (Å²) in [6.07, 6.45) is 6.44. The summed E-state index contributed by atoms with van der Waals surface area (Å²) in [5.74, 6) is 0.676. The molecule has 1 fully saturated rings. The van der Waals surface area contributed by atoms with Gasteiger partial charge in [0.2, 0.25) is 5.91 Å². The average molecular weight is 388 g/mol. The van der Waals surface area contributed by atoms with Crippen molar-refractivity contribution in [3.8, 4) is 11.4 Å². The number of H-pyrrole nitrogens is 1. The Labute approximate surface area is 169 Å². The fourth-order valence-corrected chi connectivity index (χ4v) is 4.12. The highest BCUT2D eigenvalue weighted by Crippen LogP contribution is 2.34. The minimum absolute atomic E-state index is 0.0306. The van der Waals surface area contributed by atoms with Gasteiger partial charge in [-0.2, -0.15) is 0 Å². The summed E-state index contributed by atoms with van der Waals surface area (Å²) in [5.41, 5.74) is 2.75. The molecule has 6 heteroatoms. The maximum atomic E-state index is 12.7. The zero-order chi connectivity index (χ0) is 20.2. The molecule has 6 nitrogen and oxygen atoms in total. The predicted molar refractivity (Wildman–Crippen MR) is 111 cm³/mol. The Morgan fingerprint density at radius 2 is 1.90 bits per heavy atom. The normalized spacial score (nSPS) is 18.5. The second-order valence-electron chi connectivity index (χ2n) is 7.51. The van der Waals surface area contributed by atoms with Crippen molar-refractivity contribution in [1.29, 1.82) is 0 Å². The lowest BCUT2D eigenvalue weighted by Crippen LogP contribution is -2.38. The number of aryl methyl sites for hydroxylation is 1. The van der Waals surface area contributed by atoms with E-state index in [9.17, 15) is 9.59 Å². The summed E-state index contributed by atoms with van der Waals surface area (Å²) < 4.78 is 0. The van der Waals surface area contributed by atoms with E-state index in [1.807, 2.05) is 18.2 Å². The van der Waals surface area contributed by atoms with Gasteiger partial charge in [0.15, 0.2) is 0 Å². The lowest BCUT2D eigenvalue weighted by Gasteiger charge is -2.21. The van der Waals surface area contributed by atoms with Crippen LogP contribution >= 0.6 is 0 Å². The topological polar surface area (TPSA) is 87.7 Å². The minimum Gasteiger partial charge on any atom is -0.352 e. The van der Waals surface area contributed by atoms with E-state index in [-0.39, 0.29) is 23.9 Å². The fourth-order valence-electron chi connectivity index (χ4n) is 4.12. The second-order valence-corrected chi connectivity index (χ2v) is 7.51. The van der Waals surface area contributed by atoms with Crippen LogP contribution in [-0.2, 0) is 11.2 Å². The highest BCUT2D eigenvalue weighted by Gasteiger charge is 2.30. The van der Waals surface area contributed by atoms with Crippen LogP contribution in [0.5, 0.6) is 0 Å². The van der Waals surface area contributed by atoms with Gasteiger partial charge in [0.1, 0.15) is 5.82 Å². The van der Waals surface area contributed by atoms with Crippen molar-refractivity contribution < 1.29 is 4.79 Å². The Bertz CT molecular complexity index is 1050. The van der Waals surface area contributed by atoms with Crippen LogP contribution in [0.3, 0.4) is 0 Å². The molecule has 1 aromatic carbocycles. The maximum absolute atomic E-state index is 12.7. The number of amides is 1. The molecular formula is C23H24N4O2. The number of nitrogens with zero attached hydrogens (tertiary/aromatic N) is 2. The van der Waals surface area contributed by atoms with E-state index < -0.39 is 0 Å². The number of hydrogen-bond acceptors (Lipinski definition) is 4. The standard InChI is InChI=1S/C23H24N4O2/c1-15-19(23(29)27-22(25-15)17-10-12-24-13-11-17)14-21(28)26-20-9-5-8-18(20)16-6-3-2-4-7-16/h2-4,6-7,10-13,18,20H,5,8-9,14H2,1H3,(H,26,28)(H,25,27,29)/t18-,20-/m1/s1. The second kappa shape index (κ2) is 8.39. The molecule has 0 unspecified atom stereocenters. The highest BCUT2D eigenvalue weighted by molar-refractivity contribution is 5.79. The van der Waals surface area contributed by atoms with Crippen molar-refractivity contribution in [2.24, 2.45) is 0 Å². The first-order chi connectivity index (χ1) is 14.1. The maximum Gasteiger partial charge on any atom is 0.255 e. The number of aromatic amines is 1. The molecule has 148 valence electrons. The molecule has 2 heterocycles. The first-order valence-corrected chi connectivity index (χ1v) is 9.96. The van der Waals surface area contributed by atoms with E-state index in [2.05, 4.69) is 32.4 Å². The van der Waals surface area contributed by atoms with Crippen LogP contribution in [0.2, 0.25) is 0 Å². The summed E-state index contributed by atoms with van der Waals surface area (Å²) in [4.78, 5) is 36.6. The van der Waals surface area contributed by atoms with E-state index in [1.165, 1.54) is 5.56 Å². The average Bonchev–Trinajstić information content (AvgIpc) is 3.20. The minimum atomic E-state index is -0.273. The van der Waals surface area contributed by atoms with E-state index in [0.29, 0.717) is 23.0 Å². The highest BCUT2D eigenvalue weighted by atomic mass is 16.2. The SMILES string of the molecule is Cc1nc(-c2ccncc2)[nH]c(=O)c1CC(=O)N[C@@H]1CCC[C@@H]1c1ccccc1. The smallest absolute Gasteiger partial charge is 0.255 e. The van der Waals surface area contributed by atoms with Gasteiger partial charge in [-0.1, -0.05) is 36.8 Å². The molecule has 0 radical (unpaired) electrons. The van der Waals surface area contributed by atoms with Crippen molar-refractivity contribution in [1.82, 2.24) is 20.3 Å². The molecule has 1 aliphatic rings. The third-order valence-corrected chi connectivity index (χ3v) is 5.60. The molecule has 3 aromatic rings. The Hall–Kier alpha value is -3.28. The lowest BCUT2D eigenvalue weighted by molar-refractivity contribution is -0.121. The van der Waals surface area contributed by atoms with E-state index >= 15 is 0 Å². The summed E-state index contributed by atoms with van der Waals surface area (Å²) >= 11 is 0. The molecule has 0 saturated heterocycles. The number of carbonyl (C=O) groups is 1. The number of hydrogen-bond donors (Lipinski definition) is 2. The predicted octanol–water partition coefficient (Wildman–Crippen LogP) is 3.14. The molecule has 2 atom stereocenters. The molecule has 0 bridgehead atoms. The van der Waals surface area contributed by atoms with Gasteiger partial charge in [0.05, 0.1) is 6.42 Å². The zero-order valence-corrected chi connectivity index (χ0v) is 16.4. The quantitative estimate of drug-likeness (QED) is 0.703. The molecule has 0 spiro atoms. The molecule has 1 saturated carbocycles. The van der Waals surface area contributed by atoms with E-state index in [4.69, 9.17) is 0 Å². The largest absolute Gasteiger partial charge is 0.352 e. The van der Waals surface area contributed by atoms with Gasteiger partial charge in [0, 0.05) is 41.2 Å². The monoisotopic (exact) mass is 388 g/mol. The fraction of sp³-hybridized carbons (Fsp3) is 0.304. The Morgan fingerprint density at radius 1 is 1.14 bits per heavy atom. The van der Waals surface area contributed by atoms with Crippen LogP contribution in [0.15, 0.2) is 59.7 Å². The van der Waals surface area contributed by atoms with Crippen molar-refractivity contribution in [3.05, 3.63) is 82.0 Å². The van der Waals surface area contributed by atoms with Crippen molar-refractivity contribution in [2.45, 2.75) is 44.6 Å². The molecular weight excluding hydrogens is 364 g/mol. The Balaban J connectivity index is 1.48. The van der Waals surface area contributed by atoms with Crippen LogP contribution in [0.25, 0.3) is 11.4 Å².